The Morgan fingerprint density at radius 3 is 2.27 bits per heavy atom. The van der Waals surface area contributed by atoms with Crippen LogP contribution in [0, 0.1) is 17.8 Å². The molecule has 0 aliphatic carbocycles. The van der Waals surface area contributed by atoms with E-state index in [9.17, 15) is 29.4 Å². The molecule has 13 nitrogen and oxygen atoms in total. The minimum atomic E-state index is -0.840. The molecule has 5 N–H and O–H groups in total. The van der Waals surface area contributed by atoms with Crippen LogP contribution in [0.25, 0.3) is 0 Å². The second-order valence-electron chi connectivity index (χ2n) is 14.7. The maximum Gasteiger partial charge on any atom is 0.245 e. The molecule has 2 unspecified atom stereocenters. The molecule has 13 heteroatoms. The second kappa shape index (κ2) is 20.2. The Balaban J connectivity index is 1.73. The number of hydrogen-bond donors (Lipinski definition) is 5. The van der Waals surface area contributed by atoms with Crippen molar-refractivity contribution < 1.29 is 38.9 Å². The Hall–Kier alpha value is -3.10. The maximum absolute atomic E-state index is 14.1. The number of methoxy groups -OCH3 is 2. The van der Waals surface area contributed by atoms with E-state index in [0.717, 1.165) is 18.4 Å². The molecule has 1 aromatic rings. The fourth-order valence-corrected chi connectivity index (χ4v) is 7.63. The van der Waals surface area contributed by atoms with E-state index in [-0.39, 0.29) is 48.6 Å². The van der Waals surface area contributed by atoms with E-state index in [1.807, 2.05) is 58.0 Å². The molecule has 2 saturated heterocycles. The fourth-order valence-electron chi connectivity index (χ4n) is 7.63. The highest BCUT2D eigenvalue weighted by atomic mass is 16.5. The Kier molecular flexibility index (Phi) is 16.8. The third-order valence-corrected chi connectivity index (χ3v) is 10.9. The van der Waals surface area contributed by atoms with Gasteiger partial charge >= 0.3 is 0 Å². The highest BCUT2D eigenvalue weighted by molar-refractivity contribution is 5.90. The van der Waals surface area contributed by atoms with Crippen LogP contribution in [0.15, 0.2) is 30.3 Å². The topological polar surface area (TPSA) is 170 Å². The first-order valence-corrected chi connectivity index (χ1v) is 18.6. The van der Waals surface area contributed by atoms with E-state index in [0.29, 0.717) is 32.4 Å². The summed E-state index contributed by atoms with van der Waals surface area (Å²) in [6.07, 6.45) is 1.06. The van der Waals surface area contributed by atoms with Crippen molar-refractivity contribution >= 4 is 23.6 Å². The summed E-state index contributed by atoms with van der Waals surface area (Å²) in [5, 5.41) is 29.1. The van der Waals surface area contributed by atoms with Crippen molar-refractivity contribution in [3.8, 4) is 0 Å². The molecule has 2 aliphatic heterocycles. The summed E-state index contributed by atoms with van der Waals surface area (Å²) in [5.74, 6) is -2.00. The van der Waals surface area contributed by atoms with Crippen LogP contribution in [0.2, 0.25) is 0 Å². The minimum absolute atomic E-state index is 0.0111. The molecule has 10 atom stereocenters. The first-order chi connectivity index (χ1) is 24.3. The summed E-state index contributed by atoms with van der Waals surface area (Å²) in [6.45, 7) is 10.4. The van der Waals surface area contributed by atoms with Gasteiger partial charge in [-0.25, -0.2) is 0 Å². The van der Waals surface area contributed by atoms with Gasteiger partial charge in [0.15, 0.2) is 0 Å². The lowest BCUT2D eigenvalue weighted by atomic mass is 9.89. The van der Waals surface area contributed by atoms with Gasteiger partial charge in [-0.1, -0.05) is 71.4 Å². The number of carbonyl (C=O) groups excluding carboxylic acids is 4. The first kappa shape index (κ1) is 42.3. The Bertz CT molecular complexity index is 1270. The summed E-state index contributed by atoms with van der Waals surface area (Å²) >= 11 is 0. The van der Waals surface area contributed by atoms with E-state index in [4.69, 9.17) is 9.47 Å². The number of ether oxygens (including phenoxy) is 2. The molecule has 0 spiro atoms. The van der Waals surface area contributed by atoms with Gasteiger partial charge in [0.25, 0.3) is 0 Å². The van der Waals surface area contributed by atoms with E-state index in [2.05, 4.69) is 16.0 Å². The zero-order valence-electron chi connectivity index (χ0n) is 31.8. The number of nitrogens with one attached hydrogen (secondary N) is 3. The van der Waals surface area contributed by atoms with Crippen LogP contribution in [0.1, 0.15) is 72.3 Å². The van der Waals surface area contributed by atoms with E-state index in [1.54, 1.807) is 38.0 Å². The number of amides is 4. The predicted molar refractivity (Wildman–Crippen MR) is 194 cm³/mol. The molecule has 0 saturated carbocycles. The number of rotatable bonds is 19. The molecular formula is C38H63N5O8. The van der Waals surface area contributed by atoms with Crippen molar-refractivity contribution in [1.82, 2.24) is 25.8 Å². The Morgan fingerprint density at radius 2 is 1.73 bits per heavy atom. The predicted octanol–water partition coefficient (Wildman–Crippen LogP) is 1.49. The lowest BCUT2D eigenvalue weighted by Gasteiger charge is -2.41. The van der Waals surface area contributed by atoms with E-state index >= 15 is 0 Å². The van der Waals surface area contributed by atoms with Crippen molar-refractivity contribution in [2.75, 3.05) is 41.0 Å². The maximum atomic E-state index is 14.1. The van der Waals surface area contributed by atoms with Gasteiger partial charge in [0.1, 0.15) is 12.1 Å². The second-order valence-corrected chi connectivity index (χ2v) is 14.7. The van der Waals surface area contributed by atoms with Gasteiger partial charge in [-0.15, -0.1) is 0 Å². The van der Waals surface area contributed by atoms with Gasteiger partial charge < -0.3 is 45.4 Å². The number of aliphatic hydroxyl groups is 2. The molecule has 51 heavy (non-hydrogen) atoms. The number of benzene rings is 1. The molecular weight excluding hydrogens is 654 g/mol. The third kappa shape index (κ3) is 11.0. The SMILES string of the molecule is CC[C@H](C)[C@@H]([C@@H](CC(=O)N1CCC[C@H]1[C@H](OC)[C@@H](C)C(=O)N[C@H](CO)Cc1ccccc1)OC)N(C)C(=O)[C@@H](NC(=O)C1NCCC1O)C(C)C. The van der Waals surface area contributed by atoms with Crippen molar-refractivity contribution in [3.05, 3.63) is 35.9 Å². The van der Waals surface area contributed by atoms with E-state index in [1.165, 1.54) is 0 Å². The van der Waals surface area contributed by atoms with E-state index < -0.39 is 54.3 Å². The lowest BCUT2D eigenvalue weighted by molar-refractivity contribution is -0.148. The zero-order chi connectivity index (χ0) is 37.8. The van der Waals surface area contributed by atoms with Gasteiger partial charge in [-0.3, -0.25) is 19.2 Å². The number of likely N-dealkylation sites (N-methyl/N-ethyl adjacent to an activating group) is 1. The molecule has 2 aliphatic rings. The lowest BCUT2D eigenvalue weighted by Crippen LogP contribution is -2.59. The number of nitrogens with zero attached hydrogens (tertiary/aromatic N) is 2. The summed E-state index contributed by atoms with van der Waals surface area (Å²) in [4.78, 5) is 58.1. The summed E-state index contributed by atoms with van der Waals surface area (Å²) in [5.41, 5.74) is 1.00. The van der Waals surface area contributed by atoms with Crippen LogP contribution in [0.5, 0.6) is 0 Å². The largest absolute Gasteiger partial charge is 0.394 e. The molecule has 4 amide bonds. The molecule has 3 rings (SSSR count). The van der Waals surface area contributed by atoms with Crippen molar-refractivity contribution in [3.63, 3.8) is 0 Å². The van der Waals surface area contributed by atoms with Gasteiger partial charge in [0, 0.05) is 27.8 Å². The van der Waals surface area contributed by atoms with Crippen LogP contribution in [-0.2, 0) is 35.1 Å². The van der Waals surface area contributed by atoms with Crippen molar-refractivity contribution in [1.29, 1.82) is 0 Å². The molecule has 288 valence electrons. The number of likely N-dealkylation sites (tertiary alicyclic amines) is 1. The van der Waals surface area contributed by atoms with Gasteiger partial charge in [-0.2, -0.15) is 0 Å². The van der Waals surface area contributed by atoms with Crippen molar-refractivity contribution in [2.45, 2.75) is 122 Å². The third-order valence-electron chi connectivity index (χ3n) is 10.9. The first-order valence-electron chi connectivity index (χ1n) is 18.6. The highest BCUT2D eigenvalue weighted by Gasteiger charge is 2.43. The summed E-state index contributed by atoms with van der Waals surface area (Å²) in [6, 6.07) is 6.75. The average Bonchev–Trinajstić information content (AvgIpc) is 3.79. The fraction of sp³-hybridized carbons (Fsp3) is 0.737. The Morgan fingerprint density at radius 1 is 1.04 bits per heavy atom. The van der Waals surface area contributed by atoms with Crippen LogP contribution < -0.4 is 16.0 Å². The van der Waals surface area contributed by atoms with Crippen LogP contribution in [0.4, 0.5) is 0 Å². The highest BCUT2D eigenvalue weighted by Crippen LogP contribution is 2.30. The normalized spacial score (nSPS) is 23.2. The van der Waals surface area contributed by atoms with Crippen molar-refractivity contribution in [2.24, 2.45) is 17.8 Å². The number of aliphatic hydroxyl groups excluding tert-OH is 2. The minimum Gasteiger partial charge on any atom is -0.394 e. The molecule has 0 bridgehead atoms. The monoisotopic (exact) mass is 717 g/mol. The standard InChI is InChI=1S/C38H63N5O8/c1-9-24(4)34(42(6)38(49)32(23(2)3)41-37(48)33-29(45)17-18-39-33)30(50-7)21-31(46)43-19-13-16-28(43)35(51-8)25(5)36(47)40-27(22-44)20-26-14-11-10-12-15-26/h10-12,14-15,23-25,27-30,32-35,39,44-45H,9,13,16-22H2,1-8H3,(H,40,47)(H,41,48)/t24-,25+,27-,28-,29?,30+,32-,33?,34-,35+/m0/s1. The number of carbonyl (C=O) groups is 4. The zero-order valence-corrected chi connectivity index (χ0v) is 31.8. The molecule has 2 fully saturated rings. The van der Waals surface area contributed by atoms with Gasteiger partial charge in [0.05, 0.1) is 55.4 Å². The Labute approximate surface area is 304 Å². The van der Waals surface area contributed by atoms with Crippen LogP contribution in [-0.4, -0.2) is 133 Å². The number of hydrogen-bond acceptors (Lipinski definition) is 9. The quantitative estimate of drug-likeness (QED) is 0.142. The van der Waals surface area contributed by atoms with Crippen LogP contribution >= 0.6 is 0 Å². The summed E-state index contributed by atoms with van der Waals surface area (Å²) in [7, 11) is 4.78. The average molecular weight is 718 g/mol. The summed E-state index contributed by atoms with van der Waals surface area (Å²) < 4.78 is 11.9. The van der Waals surface area contributed by atoms with Gasteiger partial charge in [-0.05, 0) is 49.6 Å². The smallest absolute Gasteiger partial charge is 0.245 e. The molecule has 0 radical (unpaired) electrons. The molecule has 2 heterocycles. The molecule has 0 aromatic heterocycles. The van der Waals surface area contributed by atoms with Crippen LogP contribution in [0.3, 0.4) is 0 Å². The van der Waals surface area contributed by atoms with Gasteiger partial charge in [0.2, 0.25) is 23.6 Å². The molecule has 1 aromatic carbocycles.